The highest BCUT2D eigenvalue weighted by molar-refractivity contribution is 5.87. The minimum Gasteiger partial charge on any atom is -0.463 e. The van der Waals surface area contributed by atoms with Gasteiger partial charge in [0.15, 0.2) is 0 Å². The number of esters is 1. The number of anilines is 3. The average molecular weight is 487 g/mol. The Morgan fingerprint density at radius 3 is 2.86 bits per heavy atom. The number of aryl methyl sites for hydroxylation is 1. The summed E-state index contributed by atoms with van der Waals surface area (Å²) in [5.74, 6) is 0.359. The number of nitrogens with zero attached hydrogens (tertiary/aromatic N) is 3. The summed E-state index contributed by atoms with van der Waals surface area (Å²) in [6.45, 7) is 4.41. The first-order chi connectivity index (χ1) is 17.5. The molecule has 0 saturated carbocycles. The lowest BCUT2D eigenvalue weighted by Crippen LogP contribution is -2.10. The van der Waals surface area contributed by atoms with E-state index in [0.29, 0.717) is 36.2 Å². The highest BCUT2D eigenvalue weighted by Crippen LogP contribution is 2.29. The minimum atomic E-state index is -0.390. The summed E-state index contributed by atoms with van der Waals surface area (Å²) in [6.07, 6.45) is 9.00. The van der Waals surface area contributed by atoms with Gasteiger partial charge in [-0.2, -0.15) is 4.98 Å². The highest BCUT2D eigenvalue weighted by atomic mass is 19.1. The van der Waals surface area contributed by atoms with E-state index in [1.54, 1.807) is 50.8 Å². The molecule has 0 fully saturated rings. The Hall–Kier alpha value is -4.53. The predicted molar refractivity (Wildman–Crippen MR) is 138 cm³/mol. The van der Waals surface area contributed by atoms with Gasteiger partial charge in [0.1, 0.15) is 11.6 Å². The molecule has 4 rings (SSSR count). The average Bonchev–Trinajstić information content (AvgIpc) is 3.39. The zero-order chi connectivity index (χ0) is 25.3. The first-order valence-electron chi connectivity index (χ1n) is 11.6. The van der Waals surface area contributed by atoms with Gasteiger partial charge in [0.05, 0.1) is 12.9 Å². The number of carbonyl (C=O) groups excluding carboxylic acids is 1. The maximum absolute atomic E-state index is 13.7. The summed E-state index contributed by atoms with van der Waals surface area (Å²) in [6, 6.07) is 12.5. The second-order valence-corrected chi connectivity index (χ2v) is 8.01. The number of H-pyrrole nitrogens is 1. The zero-order valence-corrected chi connectivity index (χ0v) is 20.1. The lowest BCUT2D eigenvalue weighted by atomic mass is 10.0. The normalized spacial score (nSPS) is 11.0. The maximum Gasteiger partial charge on any atom is 0.330 e. The zero-order valence-electron chi connectivity index (χ0n) is 20.1. The fraction of sp³-hybridized carbons (Fsp3) is 0.185. The van der Waals surface area contributed by atoms with E-state index in [1.165, 1.54) is 12.1 Å². The van der Waals surface area contributed by atoms with Gasteiger partial charge in [-0.25, -0.2) is 19.2 Å². The van der Waals surface area contributed by atoms with Gasteiger partial charge in [-0.1, -0.05) is 18.2 Å². The number of halogens is 1. The molecular formula is C27H27FN6O2. The van der Waals surface area contributed by atoms with Crippen molar-refractivity contribution in [1.29, 1.82) is 0 Å². The Morgan fingerprint density at radius 1 is 1.19 bits per heavy atom. The van der Waals surface area contributed by atoms with Gasteiger partial charge < -0.3 is 20.4 Å². The molecule has 4 aromatic rings. The smallest absolute Gasteiger partial charge is 0.330 e. The summed E-state index contributed by atoms with van der Waals surface area (Å²) in [4.78, 5) is 28.0. The Morgan fingerprint density at radius 2 is 2.08 bits per heavy atom. The molecule has 0 atom stereocenters. The van der Waals surface area contributed by atoms with Gasteiger partial charge in [-0.3, -0.25) is 0 Å². The van der Waals surface area contributed by atoms with E-state index in [4.69, 9.17) is 9.72 Å². The summed E-state index contributed by atoms with van der Waals surface area (Å²) >= 11 is 0. The Kier molecular flexibility index (Phi) is 8.02. The molecule has 8 nitrogen and oxygen atoms in total. The van der Waals surface area contributed by atoms with Crippen molar-refractivity contribution in [3.05, 3.63) is 89.9 Å². The van der Waals surface area contributed by atoms with E-state index in [9.17, 15) is 9.18 Å². The summed E-state index contributed by atoms with van der Waals surface area (Å²) < 4.78 is 18.6. The molecule has 0 radical (unpaired) electrons. The quantitative estimate of drug-likeness (QED) is 0.207. The van der Waals surface area contributed by atoms with Crippen LogP contribution in [0.25, 0.3) is 17.2 Å². The molecule has 0 unspecified atom stereocenters. The molecule has 184 valence electrons. The van der Waals surface area contributed by atoms with Crippen LogP contribution in [-0.4, -0.2) is 39.1 Å². The number of aromatic nitrogens is 4. The molecule has 0 aliphatic carbocycles. The number of hydrogen-bond acceptors (Lipinski definition) is 7. The Balaban J connectivity index is 1.61. The van der Waals surface area contributed by atoms with Crippen molar-refractivity contribution in [1.82, 2.24) is 19.9 Å². The third-order valence-corrected chi connectivity index (χ3v) is 5.34. The first-order valence-corrected chi connectivity index (χ1v) is 11.6. The van der Waals surface area contributed by atoms with Gasteiger partial charge in [-0.05, 0) is 60.9 Å². The summed E-state index contributed by atoms with van der Waals surface area (Å²) in [5.41, 5.74) is 4.75. The second kappa shape index (κ2) is 11.7. The number of ether oxygens (including phenoxy) is 1. The van der Waals surface area contributed by atoms with E-state index >= 15 is 0 Å². The van der Waals surface area contributed by atoms with Crippen LogP contribution in [0.4, 0.5) is 21.8 Å². The molecular weight excluding hydrogens is 459 g/mol. The van der Waals surface area contributed by atoms with Crippen LogP contribution in [0, 0.1) is 12.7 Å². The van der Waals surface area contributed by atoms with Gasteiger partial charge in [0.2, 0.25) is 5.95 Å². The number of rotatable bonds is 10. The van der Waals surface area contributed by atoms with Crippen LogP contribution in [0.1, 0.15) is 23.7 Å². The predicted octanol–water partition coefficient (Wildman–Crippen LogP) is 5.29. The van der Waals surface area contributed by atoms with Gasteiger partial charge in [-0.15, -0.1) is 0 Å². The second-order valence-electron chi connectivity index (χ2n) is 8.01. The lowest BCUT2D eigenvalue weighted by molar-refractivity contribution is -0.137. The van der Waals surface area contributed by atoms with E-state index in [0.717, 1.165) is 28.8 Å². The van der Waals surface area contributed by atoms with Crippen molar-refractivity contribution in [2.45, 2.75) is 20.3 Å². The third kappa shape index (κ3) is 6.53. The molecule has 0 amide bonds. The number of nitrogens with one attached hydrogen (secondary N) is 3. The molecule has 9 heteroatoms. The molecule has 0 spiro atoms. The first kappa shape index (κ1) is 24.6. The van der Waals surface area contributed by atoms with Crippen LogP contribution < -0.4 is 10.6 Å². The SMILES string of the molecule is CCOC(=O)/C=C/c1cccc(-c2cnc(Nc3ccc(F)c(C)c3)nc2NCCc2cnc[nH]2)c1. The molecule has 0 saturated heterocycles. The van der Waals surface area contributed by atoms with Crippen molar-refractivity contribution in [2.24, 2.45) is 0 Å². The molecule has 3 N–H and O–H groups in total. The maximum atomic E-state index is 13.7. The van der Waals surface area contributed by atoms with Gasteiger partial charge in [0, 0.05) is 48.4 Å². The van der Waals surface area contributed by atoms with Gasteiger partial charge in [0.25, 0.3) is 0 Å². The fourth-order valence-corrected chi connectivity index (χ4v) is 3.54. The number of aromatic amines is 1. The standard InChI is InChI=1S/C27H27FN6O2/c1-3-36-25(35)10-7-19-5-4-6-20(14-19)23-16-31-27(33-21-8-9-24(28)18(2)13-21)34-26(23)30-12-11-22-15-29-17-32-22/h4-10,13-17H,3,11-12H2,1-2H3,(H,29,32)(H2,30,31,33,34)/b10-7+. The van der Waals surface area contributed by atoms with Crippen molar-refractivity contribution < 1.29 is 13.9 Å². The molecule has 2 aromatic carbocycles. The van der Waals surface area contributed by atoms with Crippen LogP contribution in [-0.2, 0) is 16.0 Å². The van der Waals surface area contributed by atoms with Crippen LogP contribution in [0.15, 0.2) is 67.3 Å². The van der Waals surface area contributed by atoms with E-state index in [-0.39, 0.29) is 11.8 Å². The number of imidazole rings is 1. The van der Waals surface area contributed by atoms with Crippen LogP contribution in [0.5, 0.6) is 0 Å². The van der Waals surface area contributed by atoms with Crippen molar-refractivity contribution in [3.63, 3.8) is 0 Å². The Labute approximate surface area is 208 Å². The van der Waals surface area contributed by atoms with E-state index in [1.807, 2.05) is 24.3 Å². The van der Waals surface area contributed by atoms with Crippen LogP contribution in [0.3, 0.4) is 0 Å². The van der Waals surface area contributed by atoms with Gasteiger partial charge >= 0.3 is 5.97 Å². The van der Waals surface area contributed by atoms with Crippen molar-refractivity contribution in [2.75, 3.05) is 23.8 Å². The summed E-state index contributed by atoms with van der Waals surface area (Å²) in [7, 11) is 0. The topological polar surface area (TPSA) is 105 Å². The van der Waals surface area contributed by atoms with Crippen molar-refractivity contribution in [3.8, 4) is 11.1 Å². The Bertz CT molecular complexity index is 1350. The number of hydrogen-bond donors (Lipinski definition) is 3. The van der Waals surface area contributed by atoms with E-state index < -0.39 is 0 Å². The van der Waals surface area contributed by atoms with Crippen molar-refractivity contribution >= 4 is 29.5 Å². The molecule has 2 heterocycles. The monoisotopic (exact) mass is 486 g/mol. The number of benzene rings is 2. The fourth-order valence-electron chi connectivity index (χ4n) is 3.54. The third-order valence-electron chi connectivity index (χ3n) is 5.34. The number of carbonyl (C=O) groups is 1. The summed E-state index contributed by atoms with van der Waals surface area (Å²) in [5, 5.41) is 6.54. The minimum absolute atomic E-state index is 0.269. The molecule has 36 heavy (non-hydrogen) atoms. The largest absolute Gasteiger partial charge is 0.463 e. The molecule has 0 aliphatic heterocycles. The molecule has 0 aliphatic rings. The highest BCUT2D eigenvalue weighted by Gasteiger charge is 2.11. The van der Waals surface area contributed by atoms with Crippen LogP contribution in [0.2, 0.25) is 0 Å². The molecule has 2 aromatic heterocycles. The van der Waals surface area contributed by atoms with Crippen LogP contribution >= 0.6 is 0 Å². The lowest BCUT2D eigenvalue weighted by Gasteiger charge is -2.14. The van der Waals surface area contributed by atoms with E-state index in [2.05, 4.69) is 25.6 Å². The molecule has 0 bridgehead atoms.